The molecule has 2 nitrogen and oxygen atoms in total. The van der Waals surface area contributed by atoms with Crippen LogP contribution in [0.15, 0.2) is 40.4 Å². The quantitative estimate of drug-likeness (QED) is 0.827. The van der Waals surface area contributed by atoms with Gasteiger partial charge in [-0.25, -0.2) is 0 Å². The van der Waals surface area contributed by atoms with Gasteiger partial charge in [0.15, 0.2) is 0 Å². The van der Waals surface area contributed by atoms with E-state index in [0.29, 0.717) is 6.04 Å². The molecule has 96 valence electrons. The normalized spacial score (nSPS) is 12.9. The zero-order valence-corrected chi connectivity index (χ0v) is 13.0. The summed E-state index contributed by atoms with van der Waals surface area (Å²) in [5.74, 6) is 0. The van der Waals surface area contributed by atoms with Crippen molar-refractivity contribution < 1.29 is 0 Å². The lowest BCUT2D eigenvalue weighted by Crippen LogP contribution is -2.30. The molecule has 2 heterocycles. The van der Waals surface area contributed by atoms with E-state index in [2.05, 4.69) is 63.4 Å². The topological polar surface area (TPSA) is 16.1 Å². The van der Waals surface area contributed by atoms with Crippen LogP contribution < -0.4 is 0 Å². The van der Waals surface area contributed by atoms with Crippen molar-refractivity contribution in [3.8, 4) is 0 Å². The molecule has 1 unspecified atom stereocenters. The summed E-state index contributed by atoms with van der Waals surface area (Å²) in [5.41, 5.74) is 1.24. The van der Waals surface area contributed by atoms with Crippen molar-refractivity contribution in [2.75, 3.05) is 7.05 Å². The fourth-order valence-corrected chi connectivity index (χ4v) is 3.10. The monoisotopic (exact) mass is 324 g/mol. The third-order valence-corrected chi connectivity index (χ3v) is 4.36. The van der Waals surface area contributed by atoms with Gasteiger partial charge in [-0.3, -0.25) is 9.88 Å². The SMILES string of the molecule is CC(Cc1cccs1)N(C)Cc1cncc(Br)c1. The van der Waals surface area contributed by atoms with Gasteiger partial charge in [0.05, 0.1) is 0 Å². The Morgan fingerprint density at radius 3 is 2.94 bits per heavy atom. The van der Waals surface area contributed by atoms with Gasteiger partial charge in [-0.05, 0) is 59.4 Å². The van der Waals surface area contributed by atoms with Gasteiger partial charge in [-0.15, -0.1) is 11.3 Å². The minimum absolute atomic E-state index is 0.530. The molecule has 0 fully saturated rings. The van der Waals surface area contributed by atoms with Crippen LogP contribution in [0.3, 0.4) is 0 Å². The number of hydrogen-bond acceptors (Lipinski definition) is 3. The zero-order valence-electron chi connectivity index (χ0n) is 10.6. The van der Waals surface area contributed by atoms with Gasteiger partial charge in [0.1, 0.15) is 0 Å². The summed E-state index contributed by atoms with van der Waals surface area (Å²) in [6.07, 6.45) is 4.85. The summed E-state index contributed by atoms with van der Waals surface area (Å²) in [6.45, 7) is 3.20. The Morgan fingerprint density at radius 1 is 1.44 bits per heavy atom. The smallest absolute Gasteiger partial charge is 0.0410 e. The molecule has 0 aliphatic heterocycles. The number of pyridine rings is 1. The summed E-state index contributed by atoms with van der Waals surface area (Å²) < 4.78 is 1.04. The Kier molecular flexibility index (Phi) is 4.92. The van der Waals surface area contributed by atoms with Crippen LogP contribution in [0.1, 0.15) is 17.4 Å². The van der Waals surface area contributed by atoms with Gasteiger partial charge >= 0.3 is 0 Å². The first-order chi connectivity index (χ1) is 8.65. The van der Waals surface area contributed by atoms with Crippen LogP contribution in [0.2, 0.25) is 0 Å². The maximum absolute atomic E-state index is 4.20. The highest BCUT2D eigenvalue weighted by atomic mass is 79.9. The van der Waals surface area contributed by atoms with E-state index in [9.17, 15) is 0 Å². The molecule has 0 bridgehead atoms. The van der Waals surface area contributed by atoms with Crippen LogP contribution >= 0.6 is 27.3 Å². The summed E-state index contributed by atoms with van der Waals surface area (Å²) in [7, 11) is 2.17. The first-order valence-electron chi connectivity index (χ1n) is 5.97. The molecular formula is C14H17BrN2S. The van der Waals surface area contributed by atoms with Crippen molar-refractivity contribution in [2.45, 2.75) is 25.9 Å². The molecule has 0 saturated carbocycles. The van der Waals surface area contributed by atoms with Crippen molar-refractivity contribution in [1.29, 1.82) is 0 Å². The van der Waals surface area contributed by atoms with Gasteiger partial charge in [-0.1, -0.05) is 6.07 Å². The van der Waals surface area contributed by atoms with Crippen LogP contribution in [-0.4, -0.2) is 23.0 Å². The zero-order chi connectivity index (χ0) is 13.0. The van der Waals surface area contributed by atoms with Crippen molar-refractivity contribution in [1.82, 2.24) is 9.88 Å². The second-order valence-electron chi connectivity index (χ2n) is 4.56. The van der Waals surface area contributed by atoms with Crippen molar-refractivity contribution in [3.63, 3.8) is 0 Å². The summed E-state index contributed by atoms with van der Waals surface area (Å²) in [5, 5.41) is 2.14. The number of halogens is 1. The predicted molar refractivity (Wildman–Crippen MR) is 80.9 cm³/mol. The summed E-state index contributed by atoms with van der Waals surface area (Å²) in [4.78, 5) is 8.01. The highest BCUT2D eigenvalue weighted by Gasteiger charge is 2.11. The van der Waals surface area contributed by atoms with Crippen LogP contribution in [0.4, 0.5) is 0 Å². The number of hydrogen-bond donors (Lipinski definition) is 0. The molecule has 0 aromatic carbocycles. The Balaban J connectivity index is 1.93. The molecule has 0 aliphatic rings. The third-order valence-electron chi connectivity index (χ3n) is 3.02. The molecule has 2 rings (SSSR count). The van der Waals surface area contributed by atoms with E-state index in [1.54, 1.807) is 0 Å². The average molecular weight is 325 g/mol. The Morgan fingerprint density at radius 2 is 2.28 bits per heavy atom. The van der Waals surface area contributed by atoms with E-state index < -0.39 is 0 Å². The molecule has 2 aromatic rings. The highest BCUT2D eigenvalue weighted by molar-refractivity contribution is 9.10. The molecule has 0 saturated heterocycles. The van der Waals surface area contributed by atoms with E-state index >= 15 is 0 Å². The van der Waals surface area contributed by atoms with Gasteiger partial charge in [0.25, 0.3) is 0 Å². The van der Waals surface area contributed by atoms with Crippen LogP contribution in [0.5, 0.6) is 0 Å². The first kappa shape index (κ1) is 13.7. The Bertz CT molecular complexity index is 484. The van der Waals surface area contributed by atoms with Crippen molar-refractivity contribution >= 4 is 27.3 Å². The molecule has 0 radical (unpaired) electrons. The largest absolute Gasteiger partial charge is 0.299 e. The second kappa shape index (κ2) is 6.45. The molecule has 1 atom stereocenters. The number of thiophene rings is 1. The minimum Gasteiger partial charge on any atom is -0.299 e. The van der Waals surface area contributed by atoms with Crippen LogP contribution in [0.25, 0.3) is 0 Å². The van der Waals surface area contributed by atoms with Gasteiger partial charge in [-0.2, -0.15) is 0 Å². The molecule has 0 N–H and O–H groups in total. The number of aromatic nitrogens is 1. The lowest BCUT2D eigenvalue weighted by Gasteiger charge is -2.24. The van der Waals surface area contributed by atoms with Crippen LogP contribution in [-0.2, 0) is 13.0 Å². The third kappa shape index (κ3) is 3.90. The maximum Gasteiger partial charge on any atom is 0.0410 e. The molecule has 4 heteroatoms. The van der Waals surface area contributed by atoms with Crippen LogP contribution in [0, 0.1) is 0 Å². The summed E-state index contributed by atoms with van der Waals surface area (Å²) in [6, 6.07) is 6.98. The molecule has 18 heavy (non-hydrogen) atoms. The van der Waals surface area contributed by atoms with Gasteiger partial charge < -0.3 is 0 Å². The Hall–Kier alpha value is -0.710. The van der Waals surface area contributed by atoms with E-state index in [1.807, 2.05) is 23.7 Å². The highest BCUT2D eigenvalue weighted by Crippen LogP contribution is 2.16. The van der Waals surface area contributed by atoms with E-state index in [-0.39, 0.29) is 0 Å². The van der Waals surface area contributed by atoms with E-state index in [0.717, 1.165) is 17.4 Å². The molecule has 0 spiro atoms. The fraction of sp³-hybridized carbons (Fsp3) is 0.357. The first-order valence-corrected chi connectivity index (χ1v) is 7.64. The van der Waals surface area contributed by atoms with Gasteiger partial charge in [0, 0.05) is 34.3 Å². The standard InChI is InChI=1S/C14H17BrN2S/c1-11(6-14-4-3-5-18-14)17(2)10-12-7-13(15)9-16-8-12/h3-5,7-9,11H,6,10H2,1-2H3. The van der Waals surface area contributed by atoms with Gasteiger partial charge in [0.2, 0.25) is 0 Å². The van der Waals surface area contributed by atoms with Crippen molar-refractivity contribution in [2.24, 2.45) is 0 Å². The number of nitrogens with zero attached hydrogens (tertiary/aromatic N) is 2. The maximum atomic E-state index is 4.20. The van der Waals surface area contributed by atoms with E-state index in [4.69, 9.17) is 0 Å². The number of rotatable bonds is 5. The minimum atomic E-state index is 0.530. The Labute approximate surface area is 121 Å². The second-order valence-corrected chi connectivity index (χ2v) is 6.51. The summed E-state index contributed by atoms with van der Waals surface area (Å²) >= 11 is 5.29. The molecule has 0 amide bonds. The lowest BCUT2D eigenvalue weighted by molar-refractivity contribution is 0.248. The molecule has 2 aromatic heterocycles. The predicted octanol–water partition coefficient (Wildman–Crippen LogP) is 3.97. The molecule has 0 aliphatic carbocycles. The average Bonchev–Trinajstić information content (AvgIpc) is 2.81. The van der Waals surface area contributed by atoms with E-state index in [1.165, 1.54) is 10.4 Å². The lowest BCUT2D eigenvalue weighted by atomic mass is 10.1. The fourth-order valence-electron chi connectivity index (χ4n) is 1.86. The number of likely N-dealkylation sites (N-methyl/N-ethyl adjacent to an activating group) is 1. The molecular weight excluding hydrogens is 308 g/mol. The van der Waals surface area contributed by atoms with Crippen molar-refractivity contribution in [3.05, 3.63) is 50.9 Å².